The fourth-order valence-electron chi connectivity index (χ4n) is 1.34. The van der Waals surface area contributed by atoms with Gasteiger partial charge in [0, 0.05) is 0 Å². The molecule has 0 heterocycles. The van der Waals surface area contributed by atoms with Crippen LogP contribution in [0.1, 0.15) is 18.9 Å². The first kappa shape index (κ1) is 10.0. The molecule has 0 radical (unpaired) electrons. The van der Waals surface area contributed by atoms with Crippen molar-refractivity contribution in [3.63, 3.8) is 0 Å². The van der Waals surface area contributed by atoms with Gasteiger partial charge in [0.15, 0.2) is 0 Å². The molecule has 0 fully saturated rings. The smallest absolute Gasteiger partial charge is 0.0645 e. The zero-order chi connectivity index (χ0) is 9.52. The van der Waals surface area contributed by atoms with Gasteiger partial charge in [-0.3, -0.25) is 0 Å². The Bertz CT molecular complexity index is 262. The predicted molar refractivity (Wildman–Crippen MR) is 55.6 cm³/mol. The Morgan fingerprint density at radius 1 is 1.31 bits per heavy atom. The molecule has 0 saturated carbocycles. The van der Waals surface area contributed by atoms with Gasteiger partial charge in [0.25, 0.3) is 0 Å². The zero-order valence-electron chi connectivity index (χ0n) is 8.03. The molecule has 0 spiro atoms. The van der Waals surface area contributed by atoms with Crippen molar-refractivity contribution in [2.75, 3.05) is 6.61 Å². The standard InChI is InChI=1S/C12H16O/c1-2-6-12(10-13)9-11-7-4-3-5-8-11/h3-8,13H,2,9-10H2,1H3/b12-6-. The Hall–Kier alpha value is -1.08. The van der Waals surface area contributed by atoms with Crippen molar-refractivity contribution < 1.29 is 5.11 Å². The number of hydrogen-bond donors (Lipinski definition) is 1. The van der Waals surface area contributed by atoms with Crippen LogP contribution in [-0.4, -0.2) is 11.7 Å². The van der Waals surface area contributed by atoms with Gasteiger partial charge < -0.3 is 5.11 Å². The van der Waals surface area contributed by atoms with E-state index in [9.17, 15) is 0 Å². The van der Waals surface area contributed by atoms with Gasteiger partial charge in [0.05, 0.1) is 6.61 Å². The Morgan fingerprint density at radius 2 is 2.00 bits per heavy atom. The van der Waals surface area contributed by atoms with Crippen LogP contribution >= 0.6 is 0 Å². The Kier molecular flexibility index (Phi) is 4.27. The molecular weight excluding hydrogens is 160 g/mol. The van der Waals surface area contributed by atoms with Crippen molar-refractivity contribution >= 4 is 0 Å². The largest absolute Gasteiger partial charge is 0.392 e. The third kappa shape index (κ3) is 3.43. The first-order valence-corrected chi connectivity index (χ1v) is 4.69. The van der Waals surface area contributed by atoms with E-state index < -0.39 is 0 Å². The van der Waals surface area contributed by atoms with Gasteiger partial charge in [-0.2, -0.15) is 0 Å². The number of allylic oxidation sites excluding steroid dienone is 1. The van der Waals surface area contributed by atoms with Crippen molar-refractivity contribution in [2.24, 2.45) is 0 Å². The number of rotatable bonds is 4. The fraction of sp³-hybridized carbons (Fsp3) is 0.333. The fourth-order valence-corrected chi connectivity index (χ4v) is 1.34. The summed E-state index contributed by atoms with van der Waals surface area (Å²) in [5, 5.41) is 9.05. The minimum absolute atomic E-state index is 0.169. The Balaban J connectivity index is 2.62. The second-order valence-electron chi connectivity index (χ2n) is 3.09. The molecule has 1 rings (SSSR count). The summed E-state index contributed by atoms with van der Waals surface area (Å²) in [5.74, 6) is 0. The second-order valence-corrected chi connectivity index (χ2v) is 3.09. The summed E-state index contributed by atoms with van der Waals surface area (Å²) in [6, 6.07) is 10.2. The van der Waals surface area contributed by atoms with Gasteiger partial charge in [-0.1, -0.05) is 43.3 Å². The van der Waals surface area contributed by atoms with Crippen molar-refractivity contribution in [1.82, 2.24) is 0 Å². The predicted octanol–water partition coefficient (Wildman–Crippen LogP) is 2.56. The topological polar surface area (TPSA) is 20.2 Å². The van der Waals surface area contributed by atoms with Gasteiger partial charge in [-0.25, -0.2) is 0 Å². The van der Waals surface area contributed by atoms with Gasteiger partial charge in [-0.15, -0.1) is 0 Å². The normalized spacial score (nSPS) is 11.7. The molecule has 1 aromatic carbocycles. The first-order chi connectivity index (χ1) is 6.36. The summed E-state index contributed by atoms with van der Waals surface area (Å²) in [6.07, 6.45) is 3.95. The number of hydrogen-bond acceptors (Lipinski definition) is 1. The van der Waals surface area contributed by atoms with E-state index in [-0.39, 0.29) is 6.61 Å². The minimum atomic E-state index is 0.169. The zero-order valence-corrected chi connectivity index (χ0v) is 8.03. The molecule has 1 N–H and O–H groups in total. The number of aliphatic hydroxyl groups excluding tert-OH is 1. The lowest BCUT2D eigenvalue weighted by molar-refractivity contribution is 0.328. The lowest BCUT2D eigenvalue weighted by Crippen LogP contribution is -1.95. The maximum Gasteiger partial charge on any atom is 0.0645 e. The number of benzene rings is 1. The van der Waals surface area contributed by atoms with Crippen molar-refractivity contribution in [1.29, 1.82) is 0 Å². The summed E-state index contributed by atoms with van der Waals surface area (Å²) in [6.45, 7) is 2.25. The van der Waals surface area contributed by atoms with E-state index in [2.05, 4.69) is 25.1 Å². The highest BCUT2D eigenvalue weighted by Gasteiger charge is 1.96. The average Bonchev–Trinajstić information content (AvgIpc) is 2.19. The van der Waals surface area contributed by atoms with E-state index in [1.54, 1.807) is 0 Å². The molecule has 0 saturated heterocycles. The van der Waals surface area contributed by atoms with E-state index in [1.165, 1.54) is 5.56 Å². The van der Waals surface area contributed by atoms with E-state index in [0.29, 0.717) is 0 Å². The van der Waals surface area contributed by atoms with E-state index >= 15 is 0 Å². The third-order valence-electron chi connectivity index (χ3n) is 1.97. The van der Waals surface area contributed by atoms with Gasteiger partial charge >= 0.3 is 0 Å². The van der Waals surface area contributed by atoms with Gasteiger partial charge in [-0.05, 0) is 24.0 Å². The highest BCUT2D eigenvalue weighted by molar-refractivity contribution is 5.21. The SMILES string of the molecule is CC/C=C(\CO)Cc1ccccc1. The molecule has 0 atom stereocenters. The molecule has 0 bridgehead atoms. The van der Waals surface area contributed by atoms with Crippen molar-refractivity contribution in [3.8, 4) is 0 Å². The molecule has 1 heteroatoms. The Morgan fingerprint density at radius 3 is 2.54 bits per heavy atom. The van der Waals surface area contributed by atoms with Crippen LogP contribution in [0.4, 0.5) is 0 Å². The monoisotopic (exact) mass is 176 g/mol. The molecule has 1 nitrogen and oxygen atoms in total. The molecule has 13 heavy (non-hydrogen) atoms. The van der Waals surface area contributed by atoms with Crippen LogP contribution in [0.25, 0.3) is 0 Å². The summed E-state index contributed by atoms with van der Waals surface area (Å²) in [4.78, 5) is 0. The first-order valence-electron chi connectivity index (χ1n) is 4.69. The molecule has 0 aliphatic heterocycles. The van der Waals surface area contributed by atoms with Crippen molar-refractivity contribution in [3.05, 3.63) is 47.5 Å². The number of aliphatic hydroxyl groups is 1. The van der Waals surface area contributed by atoms with Crippen LogP contribution in [0.2, 0.25) is 0 Å². The van der Waals surface area contributed by atoms with Crippen LogP contribution < -0.4 is 0 Å². The summed E-state index contributed by atoms with van der Waals surface area (Å²) >= 11 is 0. The molecule has 0 aliphatic carbocycles. The van der Waals surface area contributed by atoms with Crippen LogP contribution in [-0.2, 0) is 6.42 Å². The summed E-state index contributed by atoms with van der Waals surface area (Å²) < 4.78 is 0. The maximum absolute atomic E-state index is 9.05. The van der Waals surface area contributed by atoms with Crippen LogP contribution in [0.5, 0.6) is 0 Å². The maximum atomic E-state index is 9.05. The third-order valence-corrected chi connectivity index (χ3v) is 1.97. The molecule has 1 aromatic rings. The highest BCUT2D eigenvalue weighted by Crippen LogP contribution is 2.07. The van der Waals surface area contributed by atoms with Gasteiger partial charge in [0.2, 0.25) is 0 Å². The molecule has 0 unspecified atom stereocenters. The van der Waals surface area contributed by atoms with E-state index in [0.717, 1.165) is 18.4 Å². The summed E-state index contributed by atoms with van der Waals surface area (Å²) in [5.41, 5.74) is 2.37. The summed E-state index contributed by atoms with van der Waals surface area (Å²) in [7, 11) is 0. The molecule has 70 valence electrons. The van der Waals surface area contributed by atoms with Gasteiger partial charge in [0.1, 0.15) is 0 Å². The van der Waals surface area contributed by atoms with Crippen LogP contribution in [0.15, 0.2) is 42.0 Å². The van der Waals surface area contributed by atoms with Crippen LogP contribution in [0.3, 0.4) is 0 Å². The molecule has 0 amide bonds. The Labute approximate surface area is 79.7 Å². The van der Waals surface area contributed by atoms with E-state index in [1.807, 2.05) is 18.2 Å². The van der Waals surface area contributed by atoms with E-state index in [4.69, 9.17) is 5.11 Å². The molecule has 0 aromatic heterocycles. The second kappa shape index (κ2) is 5.55. The van der Waals surface area contributed by atoms with Crippen LogP contribution in [0, 0.1) is 0 Å². The van der Waals surface area contributed by atoms with Crippen molar-refractivity contribution in [2.45, 2.75) is 19.8 Å². The molecule has 0 aliphatic rings. The highest BCUT2D eigenvalue weighted by atomic mass is 16.3. The lowest BCUT2D eigenvalue weighted by atomic mass is 10.1. The molecular formula is C12H16O. The minimum Gasteiger partial charge on any atom is -0.392 e. The quantitative estimate of drug-likeness (QED) is 0.699. The average molecular weight is 176 g/mol. The lowest BCUT2D eigenvalue weighted by Gasteiger charge is -2.03.